The van der Waals surface area contributed by atoms with Crippen LogP contribution in [0.2, 0.25) is 0 Å². The van der Waals surface area contributed by atoms with Crippen molar-refractivity contribution in [3.63, 3.8) is 0 Å². The fourth-order valence-corrected chi connectivity index (χ4v) is 3.17. The van der Waals surface area contributed by atoms with Crippen LogP contribution in [0.3, 0.4) is 0 Å². The van der Waals surface area contributed by atoms with Crippen LogP contribution >= 0.6 is 0 Å². The van der Waals surface area contributed by atoms with Gasteiger partial charge in [0.05, 0.1) is 19.6 Å². The molecule has 9 nitrogen and oxygen atoms in total. The normalized spacial score (nSPS) is 17.1. The summed E-state index contributed by atoms with van der Waals surface area (Å²) in [5.41, 5.74) is -0.318. The van der Waals surface area contributed by atoms with Crippen LogP contribution in [-0.4, -0.2) is 59.4 Å². The second-order valence-corrected chi connectivity index (χ2v) is 6.48. The second-order valence-electron chi connectivity index (χ2n) is 6.48. The number of amides is 1. The Bertz CT molecular complexity index is 831. The maximum absolute atomic E-state index is 12.7. The number of likely N-dealkylation sites (tertiary alicyclic amines) is 1. The van der Waals surface area contributed by atoms with E-state index >= 15 is 0 Å². The number of aromatic nitrogens is 3. The van der Waals surface area contributed by atoms with Crippen molar-refractivity contribution in [2.75, 3.05) is 33.9 Å². The number of nitrogens with zero attached hydrogens (tertiary/aromatic N) is 4. The van der Waals surface area contributed by atoms with Gasteiger partial charge in [-0.3, -0.25) is 9.59 Å². The average molecular weight is 376 g/mol. The maximum Gasteiger partial charge on any atom is 0.293 e. The van der Waals surface area contributed by atoms with Gasteiger partial charge in [-0.1, -0.05) is 5.16 Å². The molecular weight excluding hydrogens is 352 g/mol. The van der Waals surface area contributed by atoms with Gasteiger partial charge in [-0.05, 0) is 25.0 Å². The Balaban J connectivity index is 1.64. The van der Waals surface area contributed by atoms with Gasteiger partial charge in [0.25, 0.3) is 5.56 Å². The van der Waals surface area contributed by atoms with Crippen molar-refractivity contribution in [1.29, 1.82) is 0 Å². The Hall–Kier alpha value is -2.68. The van der Waals surface area contributed by atoms with Crippen LogP contribution in [-0.2, 0) is 22.5 Å². The van der Waals surface area contributed by atoms with Crippen molar-refractivity contribution < 1.29 is 18.8 Å². The van der Waals surface area contributed by atoms with Gasteiger partial charge in [0.2, 0.25) is 11.8 Å². The summed E-state index contributed by atoms with van der Waals surface area (Å²) >= 11 is 0. The molecule has 2 aromatic rings. The highest BCUT2D eigenvalue weighted by Crippen LogP contribution is 2.26. The summed E-state index contributed by atoms with van der Waals surface area (Å²) < 4.78 is 16.8. The molecule has 3 rings (SSSR count). The van der Waals surface area contributed by atoms with E-state index in [2.05, 4.69) is 10.1 Å². The van der Waals surface area contributed by atoms with Gasteiger partial charge < -0.3 is 23.5 Å². The number of ether oxygens (including phenoxy) is 2. The highest BCUT2D eigenvalue weighted by atomic mass is 16.5. The highest BCUT2D eigenvalue weighted by Gasteiger charge is 2.28. The first-order valence-corrected chi connectivity index (χ1v) is 8.95. The van der Waals surface area contributed by atoms with E-state index in [1.807, 2.05) is 0 Å². The Kier molecular flexibility index (Phi) is 6.23. The van der Waals surface area contributed by atoms with Crippen LogP contribution in [0.25, 0.3) is 0 Å². The number of hydrogen-bond donors (Lipinski definition) is 0. The molecular formula is C18H24N4O5. The fraction of sp³-hybridized carbons (Fsp3) is 0.556. The molecule has 0 radical (unpaired) electrons. The monoisotopic (exact) mass is 376 g/mol. The number of pyridine rings is 1. The number of carbonyl (C=O) groups excluding carboxylic acids is 1. The SMILES string of the molecule is COCCc1noc(C2CCCN(C(=O)Cn3cccc(OC)c3=O)C2)n1. The molecule has 1 atom stereocenters. The second kappa shape index (κ2) is 8.81. The quantitative estimate of drug-likeness (QED) is 0.706. The number of rotatable bonds is 7. The molecule has 1 unspecified atom stereocenters. The molecule has 146 valence electrons. The van der Waals surface area contributed by atoms with E-state index < -0.39 is 0 Å². The van der Waals surface area contributed by atoms with Crippen molar-refractivity contribution >= 4 is 5.91 Å². The van der Waals surface area contributed by atoms with Crippen LogP contribution in [0.15, 0.2) is 27.6 Å². The van der Waals surface area contributed by atoms with Gasteiger partial charge in [-0.2, -0.15) is 4.98 Å². The minimum absolute atomic E-state index is 0.00789. The van der Waals surface area contributed by atoms with Gasteiger partial charge in [0, 0.05) is 32.8 Å². The lowest BCUT2D eigenvalue weighted by Crippen LogP contribution is -2.42. The summed E-state index contributed by atoms with van der Waals surface area (Å²) in [7, 11) is 3.06. The molecule has 2 aromatic heterocycles. The summed E-state index contributed by atoms with van der Waals surface area (Å²) in [6, 6.07) is 3.27. The Morgan fingerprint density at radius 1 is 1.41 bits per heavy atom. The smallest absolute Gasteiger partial charge is 0.293 e. The Morgan fingerprint density at radius 3 is 3.04 bits per heavy atom. The van der Waals surface area contributed by atoms with Crippen LogP contribution in [0.1, 0.15) is 30.5 Å². The van der Waals surface area contributed by atoms with E-state index in [0.717, 1.165) is 12.8 Å². The molecule has 0 aliphatic carbocycles. The van der Waals surface area contributed by atoms with Gasteiger partial charge >= 0.3 is 0 Å². The van der Waals surface area contributed by atoms with Gasteiger partial charge in [-0.25, -0.2) is 0 Å². The summed E-state index contributed by atoms with van der Waals surface area (Å²) in [6.07, 6.45) is 3.91. The Morgan fingerprint density at radius 2 is 2.26 bits per heavy atom. The molecule has 1 aliphatic rings. The van der Waals surface area contributed by atoms with Crippen LogP contribution < -0.4 is 10.3 Å². The first kappa shape index (κ1) is 19.1. The standard InChI is InChI=1S/C18H24N4O5/c1-25-10-7-15-19-17(27-20-15)13-5-3-8-21(11-13)16(23)12-22-9-4-6-14(26-2)18(22)24/h4,6,9,13H,3,5,7-8,10-12H2,1-2H3. The molecule has 9 heteroatoms. The third kappa shape index (κ3) is 4.54. The number of piperidine rings is 1. The molecule has 27 heavy (non-hydrogen) atoms. The summed E-state index contributed by atoms with van der Waals surface area (Å²) in [6.45, 7) is 1.66. The fourth-order valence-electron chi connectivity index (χ4n) is 3.17. The van der Waals surface area contributed by atoms with Gasteiger partial charge in [0.15, 0.2) is 11.6 Å². The van der Waals surface area contributed by atoms with E-state index in [-0.39, 0.29) is 29.7 Å². The van der Waals surface area contributed by atoms with Crippen molar-refractivity contribution in [3.05, 3.63) is 40.4 Å². The molecule has 0 N–H and O–H groups in total. The zero-order valence-electron chi connectivity index (χ0n) is 15.6. The van der Waals surface area contributed by atoms with Crippen LogP contribution in [0.4, 0.5) is 0 Å². The van der Waals surface area contributed by atoms with Crippen molar-refractivity contribution in [3.8, 4) is 5.75 Å². The van der Waals surface area contributed by atoms with Gasteiger partial charge in [-0.15, -0.1) is 0 Å². The Labute approximate surface area is 156 Å². The molecule has 0 bridgehead atoms. The largest absolute Gasteiger partial charge is 0.491 e. The molecule has 3 heterocycles. The number of methoxy groups -OCH3 is 2. The molecule has 0 saturated carbocycles. The topological polar surface area (TPSA) is 99.7 Å². The minimum atomic E-state index is -0.318. The molecule has 1 saturated heterocycles. The van der Waals surface area contributed by atoms with E-state index in [1.54, 1.807) is 30.3 Å². The molecule has 1 amide bonds. The molecule has 0 aromatic carbocycles. The summed E-state index contributed by atoms with van der Waals surface area (Å²) in [4.78, 5) is 31.1. The highest BCUT2D eigenvalue weighted by molar-refractivity contribution is 5.76. The van der Waals surface area contributed by atoms with Crippen molar-refractivity contribution in [2.45, 2.75) is 31.7 Å². The van der Waals surface area contributed by atoms with E-state index in [9.17, 15) is 9.59 Å². The van der Waals surface area contributed by atoms with Crippen molar-refractivity contribution in [2.24, 2.45) is 0 Å². The number of hydrogen-bond acceptors (Lipinski definition) is 7. The molecule has 0 spiro atoms. The van der Waals surface area contributed by atoms with Crippen LogP contribution in [0, 0.1) is 0 Å². The zero-order chi connectivity index (χ0) is 19.2. The van der Waals surface area contributed by atoms with E-state index in [0.29, 0.717) is 37.8 Å². The van der Waals surface area contributed by atoms with E-state index in [4.69, 9.17) is 14.0 Å². The first-order chi connectivity index (χ1) is 13.1. The minimum Gasteiger partial charge on any atom is -0.491 e. The summed E-state index contributed by atoms with van der Waals surface area (Å²) in [5, 5.41) is 3.97. The predicted octanol–water partition coefficient (Wildman–Crippen LogP) is 0.835. The molecule has 1 fully saturated rings. The third-order valence-electron chi connectivity index (χ3n) is 4.65. The lowest BCUT2D eigenvalue weighted by atomic mass is 9.98. The van der Waals surface area contributed by atoms with Crippen LogP contribution in [0.5, 0.6) is 5.75 Å². The molecule has 1 aliphatic heterocycles. The average Bonchev–Trinajstić information content (AvgIpc) is 3.17. The lowest BCUT2D eigenvalue weighted by Gasteiger charge is -2.31. The predicted molar refractivity (Wildman–Crippen MR) is 95.7 cm³/mol. The van der Waals surface area contributed by atoms with Gasteiger partial charge in [0.1, 0.15) is 6.54 Å². The third-order valence-corrected chi connectivity index (χ3v) is 4.65. The summed E-state index contributed by atoms with van der Waals surface area (Å²) in [5.74, 6) is 1.27. The maximum atomic E-state index is 12.7. The first-order valence-electron chi connectivity index (χ1n) is 8.95. The zero-order valence-corrected chi connectivity index (χ0v) is 15.6. The number of carbonyl (C=O) groups is 1. The van der Waals surface area contributed by atoms with E-state index in [1.165, 1.54) is 11.7 Å². The lowest BCUT2D eigenvalue weighted by molar-refractivity contribution is -0.133. The van der Waals surface area contributed by atoms with Crippen molar-refractivity contribution in [1.82, 2.24) is 19.6 Å².